The van der Waals surface area contributed by atoms with Crippen LogP contribution in [0.15, 0.2) is 48.0 Å². The fourth-order valence-corrected chi connectivity index (χ4v) is 5.34. The first-order chi connectivity index (χ1) is 15.6. The molecular formula is C25H25ClN2O3S. The van der Waals surface area contributed by atoms with Crippen molar-refractivity contribution in [3.63, 3.8) is 0 Å². The van der Waals surface area contributed by atoms with Crippen LogP contribution in [0.3, 0.4) is 0 Å². The van der Waals surface area contributed by atoms with E-state index in [4.69, 9.17) is 16.3 Å². The van der Waals surface area contributed by atoms with Gasteiger partial charge in [-0.05, 0) is 72.9 Å². The van der Waals surface area contributed by atoms with Crippen LogP contribution in [0.5, 0.6) is 5.88 Å². The Morgan fingerprint density at radius 2 is 1.91 bits per heavy atom. The van der Waals surface area contributed by atoms with Gasteiger partial charge in [0.1, 0.15) is 6.10 Å². The number of amides is 1. The lowest BCUT2D eigenvalue weighted by molar-refractivity contribution is 0.0546. The van der Waals surface area contributed by atoms with E-state index in [1.807, 2.05) is 24.3 Å². The first-order valence-corrected chi connectivity index (χ1v) is 12.3. The summed E-state index contributed by atoms with van der Waals surface area (Å²) in [5.74, 6) is 0.638. The molecule has 5 nitrogen and oxygen atoms in total. The molecule has 0 unspecified atom stereocenters. The van der Waals surface area contributed by atoms with Crippen molar-refractivity contribution in [3.8, 4) is 27.4 Å². The van der Waals surface area contributed by atoms with E-state index in [0.29, 0.717) is 48.5 Å². The fourth-order valence-electron chi connectivity index (χ4n) is 4.04. The summed E-state index contributed by atoms with van der Waals surface area (Å²) >= 11 is 8.22. The number of aliphatic hydroxyl groups excluding tert-OH is 1. The van der Waals surface area contributed by atoms with Gasteiger partial charge in [0.05, 0.1) is 11.1 Å². The summed E-state index contributed by atoms with van der Waals surface area (Å²) in [5.41, 5.74) is 3.65. The van der Waals surface area contributed by atoms with Crippen molar-refractivity contribution in [1.29, 1.82) is 0 Å². The number of carbonyl (C=O) groups excluding carboxylic acids is 1. The molecule has 0 radical (unpaired) electrons. The molecule has 1 N–H and O–H groups in total. The third-order valence-corrected chi connectivity index (χ3v) is 7.52. The normalized spacial score (nSPS) is 17.2. The van der Waals surface area contributed by atoms with Crippen LogP contribution in [-0.2, 0) is 0 Å². The monoisotopic (exact) mass is 468 g/mol. The molecule has 1 amide bonds. The number of benzene rings is 1. The van der Waals surface area contributed by atoms with E-state index in [2.05, 4.69) is 16.4 Å². The van der Waals surface area contributed by atoms with Crippen LogP contribution in [0.2, 0.25) is 5.02 Å². The maximum Gasteiger partial charge on any atom is 0.253 e. The highest BCUT2D eigenvalue weighted by molar-refractivity contribution is 7.14. The molecule has 0 atom stereocenters. The van der Waals surface area contributed by atoms with Gasteiger partial charge in [0.25, 0.3) is 5.91 Å². The van der Waals surface area contributed by atoms with Crippen molar-refractivity contribution >= 4 is 28.8 Å². The van der Waals surface area contributed by atoms with Gasteiger partial charge in [0.15, 0.2) is 0 Å². The topological polar surface area (TPSA) is 62.7 Å². The van der Waals surface area contributed by atoms with Crippen LogP contribution in [0.4, 0.5) is 0 Å². The molecule has 5 rings (SSSR count). The van der Waals surface area contributed by atoms with E-state index in [0.717, 1.165) is 34.4 Å². The Kier molecular flexibility index (Phi) is 6.17. The van der Waals surface area contributed by atoms with Crippen molar-refractivity contribution in [2.45, 2.75) is 44.3 Å². The SMILES string of the molecule is O=C(c1ccc(-c2cc(-c3ccnc(OC4CCC4)c3)cs2)c(Cl)c1)N1CCC(O)CC1. The number of carbonyl (C=O) groups is 1. The molecule has 0 bridgehead atoms. The number of aromatic nitrogens is 1. The van der Waals surface area contributed by atoms with E-state index in [1.54, 1.807) is 28.5 Å². The summed E-state index contributed by atoms with van der Waals surface area (Å²) in [4.78, 5) is 20.0. The summed E-state index contributed by atoms with van der Waals surface area (Å²) in [6.07, 6.45) is 6.45. The third-order valence-electron chi connectivity index (χ3n) is 6.24. The molecule has 166 valence electrons. The number of piperidine rings is 1. The largest absolute Gasteiger partial charge is 0.474 e. The Morgan fingerprint density at radius 3 is 2.62 bits per heavy atom. The quantitative estimate of drug-likeness (QED) is 0.525. The van der Waals surface area contributed by atoms with E-state index in [9.17, 15) is 9.90 Å². The average molecular weight is 469 g/mol. The zero-order valence-electron chi connectivity index (χ0n) is 17.7. The number of pyridine rings is 1. The van der Waals surface area contributed by atoms with E-state index >= 15 is 0 Å². The summed E-state index contributed by atoms with van der Waals surface area (Å²) in [6.45, 7) is 1.15. The van der Waals surface area contributed by atoms with Gasteiger partial charge < -0.3 is 14.7 Å². The first-order valence-electron chi connectivity index (χ1n) is 11.1. The minimum atomic E-state index is -0.306. The van der Waals surface area contributed by atoms with Crippen molar-refractivity contribution < 1.29 is 14.6 Å². The van der Waals surface area contributed by atoms with Gasteiger partial charge in [0, 0.05) is 41.4 Å². The smallest absolute Gasteiger partial charge is 0.253 e. The molecule has 1 aromatic carbocycles. The number of thiophene rings is 1. The second-order valence-corrected chi connectivity index (χ2v) is 9.79. The van der Waals surface area contributed by atoms with Crippen LogP contribution in [0.25, 0.3) is 21.6 Å². The number of rotatable bonds is 5. The minimum Gasteiger partial charge on any atom is -0.474 e. The Labute approximate surface area is 196 Å². The maximum atomic E-state index is 12.8. The number of nitrogens with zero attached hydrogens (tertiary/aromatic N) is 2. The molecule has 7 heteroatoms. The van der Waals surface area contributed by atoms with Crippen molar-refractivity contribution in [1.82, 2.24) is 9.88 Å². The number of hydrogen-bond donors (Lipinski definition) is 1. The summed E-state index contributed by atoms with van der Waals surface area (Å²) in [5, 5.41) is 12.3. The predicted molar refractivity (Wildman–Crippen MR) is 127 cm³/mol. The molecule has 1 aliphatic carbocycles. The van der Waals surface area contributed by atoms with Crippen LogP contribution >= 0.6 is 22.9 Å². The maximum absolute atomic E-state index is 12.8. The summed E-state index contributed by atoms with van der Waals surface area (Å²) < 4.78 is 5.94. The van der Waals surface area contributed by atoms with Gasteiger partial charge in [0.2, 0.25) is 5.88 Å². The zero-order valence-corrected chi connectivity index (χ0v) is 19.2. The lowest BCUT2D eigenvalue weighted by atomic mass is 9.96. The minimum absolute atomic E-state index is 0.0343. The van der Waals surface area contributed by atoms with Crippen molar-refractivity contribution in [2.24, 2.45) is 0 Å². The molecule has 1 aliphatic heterocycles. The number of halogens is 1. The number of aliphatic hydroxyl groups is 1. The second-order valence-electron chi connectivity index (χ2n) is 8.47. The van der Waals surface area contributed by atoms with Gasteiger partial charge in [-0.2, -0.15) is 0 Å². The average Bonchev–Trinajstić information content (AvgIpc) is 3.26. The molecule has 2 aliphatic rings. The van der Waals surface area contributed by atoms with Crippen molar-refractivity contribution in [2.75, 3.05) is 13.1 Å². The standard InChI is InChI=1S/C25H25ClN2O3S/c26-22-12-17(25(30)28-10-7-19(29)8-11-28)4-5-21(22)23-13-18(15-32-23)16-6-9-27-24(14-16)31-20-2-1-3-20/h4-6,9,12-15,19-20,29H,1-3,7-8,10-11H2. The molecule has 2 fully saturated rings. The number of hydrogen-bond acceptors (Lipinski definition) is 5. The Balaban J connectivity index is 1.33. The van der Waals surface area contributed by atoms with Crippen molar-refractivity contribution in [3.05, 3.63) is 58.6 Å². The third kappa shape index (κ3) is 4.53. The highest BCUT2D eigenvalue weighted by atomic mass is 35.5. The van der Waals surface area contributed by atoms with Gasteiger partial charge in [-0.1, -0.05) is 17.7 Å². The van der Waals surface area contributed by atoms with Gasteiger partial charge in [-0.25, -0.2) is 4.98 Å². The van der Waals surface area contributed by atoms with Crippen LogP contribution in [-0.4, -0.2) is 46.2 Å². The van der Waals surface area contributed by atoms with Crippen LogP contribution < -0.4 is 4.74 Å². The molecule has 1 saturated carbocycles. The Bertz CT molecular complexity index is 1120. The first kappa shape index (κ1) is 21.4. The summed E-state index contributed by atoms with van der Waals surface area (Å²) in [7, 11) is 0. The van der Waals surface area contributed by atoms with Crippen LogP contribution in [0, 0.1) is 0 Å². The van der Waals surface area contributed by atoms with Gasteiger partial charge in [-0.15, -0.1) is 11.3 Å². The predicted octanol–water partition coefficient (Wildman–Crippen LogP) is 5.66. The van der Waals surface area contributed by atoms with E-state index in [-0.39, 0.29) is 12.0 Å². The molecule has 0 spiro atoms. The molecule has 3 heterocycles. The van der Waals surface area contributed by atoms with E-state index < -0.39 is 0 Å². The molecular weight excluding hydrogens is 444 g/mol. The summed E-state index contributed by atoms with van der Waals surface area (Å²) in [6, 6.07) is 11.6. The van der Waals surface area contributed by atoms with E-state index in [1.165, 1.54) is 6.42 Å². The molecule has 2 aromatic heterocycles. The number of ether oxygens (including phenoxy) is 1. The molecule has 32 heavy (non-hydrogen) atoms. The van der Waals surface area contributed by atoms with Gasteiger partial charge in [-0.3, -0.25) is 4.79 Å². The lowest BCUT2D eigenvalue weighted by Crippen LogP contribution is -2.40. The highest BCUT2D eigenvalue weighted by Gasteiger charge is 2.23. The zero-order chi connectivity index (χ0) is 22.1. The second kappa shape index (κ2) is 9.22. The Hall–Kier alpha value is -2.41. The lowest BCUT2D eigenvalue weighted by Gasteiger charge is -2.29. The highest BCUT2D eigenvalue weighted by Crippen LogP contribution is 2.37. The van der Waals surface area contributed by atoms with Gasteiger partial charge >= 0.3 is 0 Å². The molecule has 3 aromatic rings. The fraction of sp³-hybridized carbons (Fsp3) is 0.360. The van der Waals surface area contributed by atoms with Crippen LogP contribution in [0.1, 0.15) is 42.5 Å². The molecule has 1 saturated heterocycles. The Morgan fingerprint density at radius 1 is 1.09 bits per heavy atom. The number of likely N-dealkylation sites (tertiary alicyclic amines) is 1.